The van der Waals surface area contributed by atoms with Crippen LogP contribution in [0.15, 0.2) is 24.3 Å². The minimum Gasteiger partial charge on any atom is -0.342 e. The third kappa shape index (κ3) is 1.39. The van der Waals surface area contributed by atoms with Gasteiger partial charge in [-0.2, -0.15) is 0 Å². The van der Waals surface area contributed by atoms with E-state index in [1.807, 2.05) is 12.1 Å². The monoisotopic (exact) mass is 257 g/mol. The minimum atomic E-state index is -0.490. The fourth-order valence-corrected chi connectivity index (χ4v) is 3.68. The molecule has 0 spiro atoms. The first-order valence-corrected chi connectivity index (χ1v) is 6.74. The predicted molar refractivity (Wildman–Crippen MR) is 71.8 cm³/mol. The summed E-state index contributed by atoms with van der Waals surface area (Å²) in [5, 5.41) is 15.9. The molecule has 0 bridgehead atoms. The first-order valence-electron chi connectivity index (χ1n) is 6.74. The van der Waals surface area contributed by atoms with Crippen LogP contribution in [-0.4, -0.2) is 22.1 Å². The first kappa shape index (κ1) is 11.0. The van der Waals surface area contributed by atoms with Gasteiger partial charge in [0.05, 0.1) is 0 Å². The number of para-hydroxylation sites is 1. The average Bonchev–Trinajstić information content (AvgIpc) is 2.76. The van der Waals surface area contributed by atoms with Crippen molar-refractivity contribution in [1.82, 2.24) is 9.88 Å². The molecule has 0 saturated carbocycles. The number of aryl methyl sites for hydroxylation is 1. The largest absolute Gasteiger partial charge is 0.342 e. The zero-order valence-electron chi connectivity index (χ0n) is 10.5. The number of fused-ring (bicyclic) bond motifs is 3. The maximum Gasteiger partial charge on any atom is 0.235 e. The van der Waals surface area contributed by atoms with E-state index in [0.29, 0.717) is 6.42 Å². The molecule has 2 atom stereocenters. The molecule has 2 aromatic rings. The molecular formula is C14H15N3O2. The highest BCUT2D eigenvalue weighted by Gasteiger charge is 2.42. The number of nitro groups is 1. The number of nitrogens with zero attached hydrogens (tertiary/aromatic N) is 2. The normalized spacial score (nSPS) is 25.3. The van der Waals surface area contributed by atoms with Gasteiger partial charge in [-0.3, -0.25) is 10.1 Å². The maximum absolute atomic E-state index is 11.2. The Kier molecular flexibility index (Phi) is 2.20. The highest BCUT2D eigenvalue weighted by molar-refractivity contribution is 5.86. The number of aromatic nitrogens is 1. The Morgan fingerprint density at radius 3 is 3.05 bits per heavy atom. The van der Waals surface area contributed by atoms with Crippen molar-refractivity contribution < 1.29 is 4.92 Å². The van der Waals surface area contributed by atoms with Crippen molar-refractivity contribution in [2.24, 2.45) is 0 Å². The van der Waals surface area contributed by atoms with Crippen molar-refractivity contribution >= 4 is 10.9 Å². The van der Waals surface area contributed by atoms with Crippen LogP contribution in [-0.2, 0) is 13.0 Å². The summed E-state index contributed by atoms with van der Waals surface area (Å²) in [4.78, 5) is 11.1. The van der Waals surface area contributed by atoms with Gasteiger partial charge in [-0.25, -0.2) is 0 Å². The summed E-state index contributed by atoms with van der Waals surface area (Å²) >= 11 is 0. The van der Waals surface area contributed by atoms with Crippen LogP contribution in [0.5, 0.6) is 0 Å². The van der Waals surface area contributed by atoms with Crippen molar-refractivity contribution in [2.45, 2.75) is 31.5 Å². The van der Waals surface area contributed by atoms with Crippen molar-refractivity contribution in [3.63, 3.8) is 0 Å². The van der Waals surface area contributed by atoms with Gasteiger partial charge in [-0.15, -0.1) is 0 Å². The lowest BCUT2D eigenvalue weighted by atomic mass is 9.91. The van der Waals surface area contributed by atoms with E-state index in [2.05, 4.69) is 22.0 Å². The van der Waals surface area contributed by atoms with E-state index in [0.717, 1.165) is 25.2 Å². The molecule has 1 N–H and O–H groups in total. The fourth-order valence-electron chi connectivity index (χ4n) is 3.68. The van der Waals surface area contributed by atoms with Crippen LogP contribution in [0.3, 0.4) is 0 Å². The smallest absolute Gasteiger partial charge is 0.235 e. The predicted octanol–water partition coefficient (Wildman–Crippen LogP) is 1.88. The van der Waals surface area contributed by atoms with Gasteiger partial charge in [0.2, 0.25) is 6.04 Å². The molecule has 0 radical (unpaired) electrons. The van der Waals surface area contributed by atoms with Gasteiger partial charge in [0, 0.05) is 41.0 Å². The minimum absolute atomic E-state index is 0.117. The van der Waals surface area contributed by atoms with Crippen molar-refractivity contribution in [2.75, 3.05) is 6.54 Å². The summed E-state index contributed by atoms with van der Waals surface area (Å²) < 4.78 is 2.28. The molecular weight excluding hydrogens is 242 g/mol. The lowest BCUT2D eigenvalue weighted by molar-refractivity contribution is -0.531. The number of rotatable bonds is 1. The van der Waals surface area contributed by atoms with E-state index in [9.17, 15) is 10.1 Å². The molecule has 4 rings (SSSR count). The van der Waals surface area contributed by atoms with Crippen LogP contribution >= 0.6 is 0 Å². The Morgan fingerprint density at radius 1 is 1.37 bits per heavy atom. The molecule has 5 heteroatoms. The van der Waals surface area contributed by atoms with E-state index < -0.39 is 6.04 Å². The van der Waals surface area contributed by atoms with Gasteiger partial charge in [-0.05, 0) is 18.1 Å². The van der Waals surface area contributed by atoms with E-state index in [1.165, 1.54) is 16.5 Å². The first-order chi connectivity index (χ1) is 9.27. The molecule has 0 aliphatic carbocycles. The molecule has 98 valence electrons. The summed E-state index contributed by atoms with van der Waals surface area (Å²) in [6.07, 6.45) is 1.57. The zero-order valence-corrected chi connectivity index (χ0v) is 10.5. The highest BCUT2D eigenvalue weighted by Crippen LogP contribution is 2.39. The summed E-state index contributed by atoms with van der Waals surface area (Å²) in [5.41, 5.74) is 3.69. The third-order valence-corrected chi connectivity index (χ3v) is 4.46. The number of benzene rings is 1. The van der Waals surface area contributed by atoms with Crippen molar-refractivity contribution in [3.8, 4) is 0 Å². The molecule has 0 fully saturated rings. The van der Waals surface area contributed by atoms with Crippen LogP contribution < -0.4 is 5.32 Å². The Bertz CT molecular complexity index is 644. The van der Waals surface area contributed by atoms with Gasteiger partial charge in [0.1, 0.15) is 6.04 Å². The number of hydrogen-bond donors (Lipinski definition) is 1. The molecule has 1 aromatic carbocycles. The second-order valence-electron chi connectivity index (χ2n) is 5.36. The average molecular weight is 257 g/mol. The van der Waals surface area contributed by atoms with Crippen LogP contribution in [0.25, 0.3) is 10.9 Å². The zero-order chi connectivity index (χ0) is 13.0. The number of hydrogen-bond acceptors (Lipinski definition) is 3. The van der Waals surface area contributed by atoms with Gasteiger partial charge < -0.3 is 9.88 Å². The SMILES string of the molecule is O=[N+]([O-])[C@H]1CCn2c3c(c4ccccc42)CCN[C@@H]31. The molecule has 0 unspecified atom stereocenters. The van der Waals surface area contributed by atoms with Crippen molar-refractivity contribution in [3.05, 3.63) is 45.6 Å². The Hall–Kier alpha value is -1.88. The second kappa shape index (κ2) is 3.81. The summed E-state index contributed by atoms with van der Waals surface area (Å²) in [6, 6.07) is 7.74. The second-order valence-corrected chi connectivity index (χ2v) is 5.36. The molecule has 19 heavy (non-hydrogen) atoms. The van der Waals surface area contributed by atoms with Gasteiger partial charge >= 0.3 is 0 Å². The van der Waals surface area contributed by atoms with Crippen molar-refractivity contribution in [1.29, 1.82) is 0 Å². The van der Waals surface area contributed by atoms with Gasteiger partial charge in [0.15, 0.2) is 0 Å². The quantitative estimate of drug-likeness (QED) is 0.626. The molecule has 0 saturated heterocycles. The lowest BCUT2D eigenvalue weighted by Crippen LogP contribution is -2.45. The van der Waals surface area contributed by atoms with E-state index in [-0.39, 0.29) is 11.0 Å². The standard InChI is InChI=1S/C14H15N3O2/c18-17(19)12-6-8-16-11-4-2-1-3-9(11)10-5-7-15-13(12)14(10)16/h1-4,12-13,15H,5-8H2/t12-,13+/m0/s1. The molecule has 5 nitrogen and oxygen atoms in total. The van der Waals surface area contributed by atoms with E-state index >= 15 is 0 Å². The van der Waals surface area contributed by atoms with Crippen LogP contribution in [0.2, 0.25) is 0 Å². The van der Waals surface area contributed by atoms with E-state index in [1.54, 1.807) is 0 Å². The molecule has 2 aliphatic heterocycles. The van der Waals surface area contributed by atoms with E-state index in [4.69, 9.17) is 0 Å². The van der Waals surface area contributed by atoms with Gasteiger partial charge in [0.25, 0.3) is 0 Å². The summed E-state index contributed by atoms with van der Waals surface area (Å²) in [6.45, 7) is 1.58. The Morgan fingerprint density at radius 2 is 2.21 bits per heavy atom. The molecule has 2 aliphatic rings. The number of nitrogens with one attached hydrogen (secondary N) is 1. The van der Waals surface area contributed by atoms with Crippen LogP contribution in [0, 0.1) is 10.1 Å². The highest BCUT2D eigenvalue weighted by atomic mass is 16.6. The third-order valence-electron chi connectivity index (χ3n) is 4.46. The van der Waals surface area contributed by atoms with Crippen LogP contribution in [0.4, 0.5) is 0 Å². The Balaban J connectivity index is 2.00. The summed E-state index contributed by atoms with van der Waals surface area (Å²) in [5.74, 6) is 0. The van der Waals surface area contributed by atoms with Crippen LogP contribution in [0.1, 0.15) is 23.7 Å². The lowest BCUT2D eigenvalue weighted by Gasteiger charge is -2.32. The molecule has 3 heterocycles. The topological polar surface area (TPSA) is 60.1 Å². The Labute approximate surface area is 110 Å². The fraction of sp³-hybridized carbons (Fsp3) is 0.429. The molecule has 1 aromatic heterocycles. The van der Waals surface area contributed by atoms with Gasteiger partial charge in [-0.1, -0.05) is 18.2 Å². The molecule has 0 amide bonds. The summed E-state index contributed by atoms with van der Waals surface area (Å²) in [7, 11) is 0. The maximum atomic E-state index is 11.2.